The van der Waals surface area contributed by atoms with Crippen LogP contribution in [0.2, 0.25) is 0 Å². The molecule has 0 saturated carbocycles. The van der Waals surface area contributed by atoms with Crippen LogP contribution in [-0.2, 0) is 9.59 Å². The number of carbonyl (C=O) groups is 2. The number of hydrogen-bond donors (Lipinski definition) is 1. The van der Waals surface area contributed by atoms with Crippen molar-refractivity contribution in [1.29, 1.82) is 0 Å². The first-order valence-electron chi connectivity index (χ1n) is 6.55. The van der Waals surface area contributed by atoms with Crippen LogP contribution in [0.1, 0.15) is 52.4 Å². The summed E-state index contributed by atoms with van der Waals surface area (Å²) >= 11 is 4.01. The Morgan fingerprint density at radius 1 is 1.17 bits per heavy atom. The zero-order valence-corrected chi connectivity index (χ0v) is 12.3. The fourth-order valence-corrected chi connectivity index (χ4v) is 1.72. The van der Waals surface area contributed by atoms with Crippen LogP contribution in [-0.4, -0.2) is 29.0 Å². The van der Waals surface area contributed by atoms with E-state index in [1.54, 1.807) is 0 Å². The lowest BCUT2D eigenvalue weighted by Crippen LogP contribution is -2.35. The van der Waals surface area contributed by atoms with E-state index in [1.165, 1.54) is 26.2 Å². The second-order valence-electron chi connectivity index (χ2n) is 4.17. The lowest BCUT2D eigenvalue weighted by atomic mass is 10.1. The van der Waals surface area contributed by atoms with Crippen molar-refractivity contribution in [3.8, 4) is 11.8 Å². The molecule has 0 radical (unpaired) electrons. The largest absolute Gasteiger partial charge is 0.305 e. The summed E-state index contributed by atoms with van der Waals surface area (Å²) in [5.74, 6) is 5.14. The number of nitrogens with zero attached hydrogens (tertiary/aromatic N) is 1. The Morgan fingerprint density at radius 2 is 1.83 bits per heavy atom. The molecule has 0 aliphatic rings. The van der Waals surface area contributed by atoms with Gasteiger partial charge in [0.2, 0.25) is 5.91 Å². The third-order valence-electron chi connectivity index (χ3n) is 2.55. The number of imide groups is 1. The number of unbranched alkanes of at least 4 members (excludes halogenated alkanes) is 5. The maximum Gasteiger partial charge on any atom is 0.305 e. The van der Waals surface area contributed by atoms with Gasteiger partial charge in [-0.05, 0) is 12.3 Å². The molecule has 0 saturated heterocycles. The van der Waals surface area contributed by atoms with Gasteiger partial charge in [0.15, 0.2) is 0 Å². The monoisotopic (exact) mass is 269 g/mol. The van der Waals surface area contributed by atoms with Crippen molar-refractivity contribution in [3.63, 3.8) is 0 Å². The summed E-state index contributed by atoms with van der Waals surface area (Å²) in [6.07, 6.45) is 6.61. The zero-order chi connectivity index (χ0) is 13.8. The van der Waals surface area contributed by atoms with Crippen LogP contribution in [0.5, 0.6) is 0 Å². The Morgan fingerprint density at radius 3 is 2.39 bits per heavy atom. The number of hydrogen-bond acceptors (Lipinski definition) is 3. The highest BCUT2D eigenvalue weighted by Crippen LogP contribution is 2.04. The molecule has 102 valence electrons. The summed E-state index contributed by atoms with van der Waals surface area (Å²) < 4.78 is 0. The van der Waals surface area contributed by atoms with E-state index in [0.29, 0.717) is 12.3 Å². The first kappa shape index (κ1) is 17.1. The molecule has 0 spiro atoms. The molecule has 0 N–H and O–H groups in total. The van der Waals surface area contributed by atoms with Gasteiger partial charge >= 0.3 is 5.91 Å². The first-order chi connectivity index (χ1) is 8.63. The Labute approximate surface area is 116 Å². The van der Waals surface area contributed by atoms with E-state index in [2.05, 4.69) is 31.4 Å². The van der Waals surface area contributed by atoms with Gasteiger partial charge in [-0.2, -0.15) is 12.6 Å². The first-order valence-corrected chi connectivity index (χ1v) is 7.18. The van der Waals surface area contributed by atoms with Gasteiger partial charge in [-0.25, -0.2) is 0 Å². The van der Waals surface area contributed by atoms with Gasteiger partial charge < -0.3 is 0 Å². The van der Waals surface area contributed by atoms with Gasteiger partial charge in [0.25, 0.3) is 0 Å². The lowest BCUT2D eigenvalue weighted by molar-refractivity contribution is -0.139. The van der Waals surface area contributed by atoms with Crippen LogP contribution in [0, 0.1) is 11.8 Å². The van der Waals surface area contributed by atoms with Crippen molar-refractivity contribution in [2.75, 3.05) is 12.3 Å². The minimum atomic E-state index is -0.412. The molecular weight excluding hydrogens is 246 g/mol. The molecule has 0 heterocycles. The zero-order valence-electron chi connectivity index (χ0n) is 11.4. The summed E-state index contributed by atoms with van der Waals surface area (Å²) in [7, 11) is 0. The molecule has 0 rings (SSSR count). The molecular formula is C14H23NO2S. The Hall–Kier alpha value is -0.950. The standard InChI is InChI=1S/C14H23NO2S/c1-3-4-5-6-7-8-9-10-14(17)15(11-12-18)13(2)16/h18H,3-8,11-12H2,1-2H3. The summed E-state index contributed by atoms with van der Waals surface area (Å²) in [4.78, 5) is 23.9. The number of rotatable bonds is 7. The van der Waals surface area contributed by atoms with Crippen LogP contribution < -0.4 is 0 Å². The molecule has 2 amide bonds. The van der Waals surface area contributed by atoms with Crippen molar-refractivity contribution in [2.24, 2.45) is 0 Å². The van der Waals surface area contributed by atoms with E-state index < -0.39 is 5.91 Å². The summed E-state index contributed by atoms with van der Waals surface area (Å²) in [6.45, 7) is 3.87. The quantitative estimate of drug-likeness (QED) is 0.438. The molecule has 0 fully saturated rings. The topological polar surface area (TPSA) is 37.4 Å². The maximum atomic E-state index is 11.6. The van der Waals surface area contributed by atoms with E-state index in [-0.39, 0.29) is 5.91 Å². The third kappa shape index (κ3) is 8.19. The number of thiol groups is 1. The molecule has 0 unspecified atom stereocenters. The highest BCUT2D eigenvalue weighted by molar-refractivity contribution is 7.80. The number of amides is 2. The van der Waals surface area contributed by atoms with E-state index in [4.69, 9.17) is 0 Å². The fraction of sp³-hybridized carbons (Fsp3) is 0.714. The van der Waals surface area contributed by atoms with Gasteiger partial charge in [-0.15, -0.1) is 0 Å². The molecule has 0 aromatic carbocycles. The van der Waals surface area contributed by atoms with Crippen LogP contribution in [0.25, 0.3) is 0 Å². The van der Waals surface area contributed by atoms with Crippen LogP contribution in [0.15, 0.2) is 0 Å². The van der Waals surface area contributed by atoms with E-state index >= 15 is 0 Å². The molecule has 0 atom stereocenters. The lowest BCUT2D eigenvalue weighted by Gasteiger charge is -2.13. The average molecular weight is 269 g/mol. The van der Waals surface area contributed by atoms with Gasteiger partial charge in [0.05, 0.1) is 0 Å². The predicted molar refractivity (Wildman–Crippen MR) is 77.4 cm³/mol. The van der Waals surface area contributed by atoms with Gasteiger partial charge in [-0.1, -0.05) is 38.5 Å². The van der Waals surface area contributed by atoms with E-state index in [0.717, 1.165) is 24.2 Å². The highest BCUT2D eigenvalue weighted by atomic mass is 32.1. The SMILES string of the molecule is CCCCCCCC#CC(=O)N(CCS)C(C)=O. The van der Waals surface area contributed by atoms with E-state index in [1.807, 2.05) is 0 Å². The van der Waals surface area contributed by atoms with Crippen molar-refractivity contribution in [1.82, 2.24) is 4.90 Å². The van der Waals surface area contributed by atoms with Gasteiger partial charge in [-0.3, -0.25) is 14.5 Å². The van der Waals surface area contributed by atoms with Crippen LogP contribution in [0.3, 0.4) is 0 Å². The van der Waals surface area contributed by atoms with Gasteiger partial charge in [0, 0.05) is 25.6 Å². The normalized spacial score (nSPS) is 9.50. The molecule has 4 heteroatoms. The average Bonchev–Trinajstić information content (AvgIpc) is 2.34. The molecule has 0 aliphatic carbocycles. The Balaban J connectivity index is 3.95. The Bertz CT molecular complexity index is 317. The summed E-state index contributed by atoms with van der Waals surface area (Å²) in [5.41, 5.74) is 0. The van der Waals surface area contributed by atoms with E-state index in [9.17, 15) is 9.59 Å². The molecule has 0 aromatic rings. The van der Waals surface area contributed by atoms with Crippen molar-refractivity contribution < 1.29 is 9.59 Å². The summed E-state index contributed by atoms with van der Waals surface area (Å²) in [6, 6.07) is 0. The van der Waals surface area contributed by atoms with Crippen molar-refractivity contribution in [3.05, 3.63) is 0 Å². The summed E-state index contributed by atoms with van der Waals surface area (Å²) in [5, 5.41) is 0. The fourth-order valence-electron chi connectivity index (χ4n) is 1.52. The third-order valence-corrected chi connectivity index (χ3v) is 2.75. The molecule has 3 nitrogen and oxygen atoms in total. The molecule has 18 heavy (non-hydrogen) atoms. The maximum absolute atomic E-state index is 11.6. The molecule has 0 aliphatic heterocycles. The second kappa shape index (κ2) is 11.2. The molecule has 0 bridgehead atoms. The minimum Gasteiger partial charge on any atom is -0.275 e. The molecule has 0 aromatic heterocycles. The van der Waals surface area contributed by atoms with Crippen LogP contribution >= 0.6 is 12.6 Å². The van der Waals surface area contributed by atoms with Gasteiger partial charge in [0.1, 0.15) is 0 Å². The Kier molecular flexibility index (Phi) is 10.6. The number of carbonyl (C=O) groups excluding carboxylic acids is 2. The minimum absolute atomic E-state index is 0.272. The highest BCUT2D eigenvalue weighted by Gasteiger charge is 2.14. The second-order valence-corrected chi connectivity index (χ2v) is 4.61. The smallest absolute Gasteiger partial charge is 0.275 e. The van der Waals surface area contributed by atoms with Crippen molar-refractivity contribution in [2.45, 2.75) is 52.4 Å². The van der Waals surface area contributed by atoms with Crippen molar-refractivity contribution >= 4 is 24.4 Å². The van der Waals surface area contributed by atoms with Crippen LogP contribution in [0.4, 0.5) is 0 Å². The predicted octanol–water partition coefficient (Wildman–Crippen LogP) is 2.66.